The predicted octanol–water partition coefficient (Wildman–Crippen LogP) is 3.43. The largest absolute Gasteiger partial charge is 0.457 e. The average molecular weight is 405 g/mol. The predicted molar refractivity (Wildman–Crippen MR) is 94.1 cm³/mol. The van der Waals surface area contributed by atoms with Crippen LogP contribution in [-0.4, -0.2) is 28.1 Å². The summed E-state index contributed by atoms with van der Waals surface area (Å²) in [4.78, 5) is 25.7. The van der Waals surface area contributed by atoms with Crippen molar-refractivity contribution in [2.24, 2.45) is 17.8 Å². The molecule has 1 N–H and O–H groups in total. The van der Waals surface area contributed by atoms with Crippen LogP contribution >= 0.6 is 15.9 Å². The number of fused-ring (bicyclic) bond motifs is 1. The fraction of sp³-hybridized carbons (Fsp3) is 0.600. The molecule has 1 aromatic carbocycles. The van der Waals surface area contributed by atoms with Crippen LogP contribution in [0.2, 0.25) is 0 Å². The number of rotatable bonds is 2. The Morgan fingerprint density at radius 3 is 2.28 bits per heavy atom. The Labute approximate surface area is 155 Å². The quantitative estimate of drug-likeness (QED) is 0.605. The second-order valence-corrected chi connectivity index (χ2v) is 9.48. The SMILES string of the molecule is O=C(OC12CC3CC(CC(C3)C1)C2)C1(O)Cc2c(Br)cccc2C1=O. The van der Waals surface area contributed by atoms with Gasteiger partial charge in [-0.15, -0.1) is 0 Å². The van der Waals surface area contributed by atoms with Crippen LogP contribution in [-0.2, 0) is 16.0 Å². The van der Waals surface area contributed by atoms with Gasteiger partial charge in [-0.05, 0) is 67.9 Å². The van der Waals surface area contributed by atoms with Gasteiger partial charge >= 0.3 is 5.97 Å². The molecule has 25 heavy (non-hydrogen) atoms. The molecule has 132 valence electrons. The summed E-state index contributed by atoms with van der Waals surface area (Å²) in [5, 5.41) is 10.9. The molecule has 1 atom stereocenters. The van der Waals surface area contributed by atoms with Crippen molar-refractivity contribution in [2.45, 2.75) is 56.1 Å². The van der Waals surface area contributed by atoms with E-state index in [1.54, 1.807) is 12.1 Å². The van der Waals surface area contributed by atoms with E-state index >= 15 is 0 Å². The fourth-order valence-electron chi connectivity index (χ4n) is 6.11. The zero-order chi connectivity index (χ0) is 17.4. The molecule has 0 aromatic heterocycles. The standard InChI is InChI=1S/C20H21BrO4/c21-16-3-1-2-14-15(16)10-20(24,17(14)22)18(23)25-19-7-11-4-12(8-19)6-13(5-11)9-19/h1-3,11-13,24H,4-10H2. The van der Waals surface area contributed by atoms with Gasteiger partial charge in [0.05, 0.1) is 0 Å². The number of ketones is 1. The van der Waals surface area contributed by atoms with Crippen LogP contribution in [0.3, 0.4) is 0 Å². The highest BCUT2D eigenvalue weighted by Crippen LogP contribution is 2.57. The van der Waals surface area contributed by atoms with Gasteiger partial charge in [-0.1, -0.05) is 28.1 Å². The summed E-state index contributed by atoms with van der Waals surface area (Å²) in [5.74, 6) is 0.638. The maximum Gasteiger partial charge on any atom is 0.347 e. The Morgan fingerprint density at radius 1 is 1.12 bits per heavy atom. The minimum atomic E-state index is -2.07. The number of ether oxygens (including phenoxy) is 1. The number of hydrogen-bond acceptors (Lipinski definition) is 4. The lowest BCUT2D eigenvalue weighted by Crippen LogP contribution is -2.56. The molecule has 4 nitrogen and oxygen atoms in total. The smallest absolute Gasteiger partial charge is 0.347 e. The monoisotopic (exact) mass is 404 g/mol. The molecule has 0 radical (unpaired) electrons. The highest BCUT2D eigenvalue weighted by molar-refractivity contribution is 9.10. The number of Topliss-reactive ketones (excluding diaryl/α,β-unsaturated/α-hetero) is 1. The molecular weight excluding hydrogens is 384 g/mol. The number of esters is 1. The van der Waals surface area contributed by atoms with Crippen molar-refractivity contribution in [3.63, 3.8) is 0 Å². The molecule has 0 saturated heterocycles. The van der Waals surface area contributed by atoms with Gasteiger partial charge in [0, 0.05) is 16.5 Å². The number of hydrogen-bond donors (Lipinski definition) is 1. The molecule has 0 amide bonds. The number of halogens is 1. The van der Waals surface area contributed by atoms with Crippen molar-refractivity contribution in [1.82, 2.24) is 0 Å². The van der Waals surface area contributed by atoms with E-state index in [4.69, 9.17) is 4.74 Å². The lowest BCUT2D eigenvalue weighted by Gasteiger charge is -2.56. The van der Waals surface area contributed by atoms with Crippen LogP contribution in [0.25, 0.3) is 0 Å². The summed E-state index contributed by atoms with van der Waals surface area (Å²) in [6.07, 6.45) is 6.42. The van der Waals surface area contributed by atoms with Gasteiger partial charge in [0.15, 0.2) is 0 Å². The summed E-state index contributed by atoms with van der Waals surface area (Å²) in [6.45, 7) is 0. The van der Waals surface area contributed by atoms with E-state index in [1.807, 2.05) is 6.07 Å². The molecule has 6 rings (SSSR count). The van der Waals surface area contributed by atoms with Crippen molar-refractivity contribution in [1.29, 1.82) is 0 Å². The second-order valence-electron chi connectivity index (χ2n) is 8.62. The van der Waals surface area contributed by atoms with E-state index in [0.717, 1.165) is 23.7 Å². The van der Waals surface area contributed by atoms with E-state index in [2.05, 4.69) is 15.9 Å². The normalized spacial score (nSPS) is 41.0. The topological polar surface area (TPSA) is 63.6 Å². The second kappa shape index (κ2) is 5.17. The summed E-state index contributed by atoms with van der Waals surface area (Å²) < 4.78 is 6.70. The average Bonchev–Trinajstić information content (AvgIpc) is 2.80. The Hall–Kier alpha value is -1.20. The third kappa shape index (κ3) is 2.28. The third-order valence-electron chi connectivity index (χ3n) is 6.80. The summed E-state index contributed by atoms with van der Waals surface area (Å²) >= 11 is 3.41. The van der Waals surface area contributed by atoms with Gasteiger partial charge < -0.3 is 9.84 Å². The van der Waals surface area contributed by atoms with E-state index in [1.165, 1.54) is 19.3 Å². The lowest BCUT2D eigenvalue weighted by atomic mass is 9.54. The lowest BCUT2D eigenvalue weighted by molar-refractivity contribution is -0.199. The molecule has 4 fully saturated rings. The Morgan fingerprint density at radius 2 is 1.72 bits per heavy atom. The Bertz CT molecular complexity index is 751. The van der Waals surface area contributed by atoms with Gasteiger partial charge in [-0.25, -0.2) is 4.79 Å². The zero-order valence-corrected chi connectivity index (χ0v) is 15.5. The van der Waals surface area contributed by atoms with Gasteiger partial charge in [-0.2, -0.15) is 0 Å². The Kier molecular flexibility index (Phi) is 3.31. The van der Waals surface area contributed by atoms with Gasteiger partial charge in [0.1, 0.15) is 5.60 Å². The van der Waals surface area contributed by atoms with Crippen LogP contribution in [0.1, 0.15) is 54.4 Å². The van der Waals surface area contributed by atoms with Crippen molar-refractivity contribution in [3.05, 3.63) is 33.8 Å². The molecular formula is C20H21BrO4. The van der Waals surface area contributed by atoms with Crippen LogP contribution < -0.4 is 0 Å². The van der Waals surface area contributed by atoms with Crippen molar-refractivity contribution >= 4 is 27.7 Å². The van der Waals surface area contributed by atoms with Gasteiger partial charge in [0.2, 0.25) is 11.4 Å². The summed E-state index contributed by atoms with van der Waals surface area (Å²) in [7, 11) is 0. The number of aliphatic hydroxyl groups is 1. The molecule has 0 aliphatic heterocycles. The molecule has 5 aliphatic rings. The summed E-state index contributed by atoms with van der Waals surface area (Å²) in [6, 6.07) is 5.23. The first-order valence-corrected chi connectivity index (χ1v) is 9.96. The minimum absolute atomic E-state index is 0.00616. The molecule has 4 bridgehead atoms. The first-order valence-electron chi connectivity index (χ1n) is 9.17. The first kappa shape index (κ1) is 16.0. The molecule has 0 spiro atoms. The van der Waals surface area contributed by atoms with E-state index in [-0.39, 0.29) is 6.42 Å². The van der Waals surface area contributed by atoms with Gasteiger partial charge in [-0.3, -0.25) is 4.79 Å². The number of carbonyl (C=O) groups is 2. The first-order chi connectivity index (χ1) is 11.9. The molecule has 1 aromatic rings. The highest BCUT2D eigenvalue weighted by Gasteiger charge is 2.58. The molecule has 5 heteroatoms. The molecule has 0 heterocycles. The molecule has 1 unspecified atom stereocenters. The number of benzene rings is 1. The van der Waals surface area contributed by atoms with Gasteiger partial charge in [0.25, 0.3) is 0 Å². The van der Waals surface area contributed by atoms with E-state index in [9.17, 15) is 14.7 Å². The minimum Gasteiger partial charge on any atom is -0.457 e. The highest BCUT2D eigenvalue weighted by atomic mass is 79.9. The van der Waals surface area contributed by atoms with Crippen LogP contribution in [0, 0.1) is 17.8 Å². The van der Waals surface area contributed by atoms with Crippen molar-refractivity contribution in [2.75, 3.05) is 0 Å². The maximum absolute atomic E-state index is 12.9. The fourth-order valence-corrected chi connectivity index (χ4v) is 6.62. The number of carbonyl (C=O) groups excluding carboxylic acids is 2. The van der Waals surface area contributed by atoms with Crippen LogP contribution in [0.5, 0.6) is 0 Å². The van der Waals surface area contributed by atoms with E-state index < -0.39 is 23.0 Å². The third-order valence-corrected chi connectivity index (χ3v) is 7.54. The van der Waals surface area contributed by atoms with Crippen molar-refractivity contribution in [3.8, 4) is 0 Å². The maximum atomic E-state index is 12.9. The summed E-state index contributed by atoms with van der Waals surface area (Å²) in [5.41, 5.74) is -1.42. The zero-order valence-electron chi connectivity index (χ0n) is 14.0. The van der Waals surface area contributed by atoms with Crippen LogP contribution in [0.4, 0.5) is 0 Å². The van der Waals surface area contributed by atoms with E-state index in [0.29, 0.717) is 28.9 Å². The van der Waals surface area contributed by atoms with Crippen LogP contribution in [0.15, 0.2) is 22.7 Å². The Balaban J connectivity index is 1.42. The molecule has 4 saturated carbocycles. The molecule has 5 aliphatic carbocycles. The van der Waals surface area contributed by atoms with Crippen molar-refractivity contribution < 1.29 is 19.4 Å².